The molecule has 3 rings (SSSR count). The summed E-state index contributed by atoms with van der Waals surface area (Å²) in [6, 6.07) is 17.2. The van der Waals surface area contributed by atoms with Crippen LogP contribution < -0.4 is 10.1 Å². The van der Waals surface area contributed by atoms with Crippen LogP contribution in [0.1, 0.15) is 43.5 Å². The van der Waals surface area contributed by atoms with E-state index in [1.54, 1.807) is 6.07 Å². The van der Waals surface area contributed by atoms with E-state index in [1.165, 1.54) is 12.8 Å². The van der Waals surface area contributed by atoms with E-state index in [9.17, 15) is 4.79 Å². The molecule has 1 fully saturated rings. The molecule has 126 valence electrons. The van der Waals surface area contributed by atoms with Crippen molar-refractivity contribution in [1.82, 2.24) is 5.32 Å². The number of ether oxygens (including phenoxy) is 1. The molecule has 0 bridgehead atoms. The van der Waals surface area contributed by atoms with Gasteiger partial charge in [-0.2, -0.15) is 0 Å². The molecule has 0 aliphatic heterocycles. The van der Waals surface area contributed by atoms with Crippen LogP contribution in [0.2, 0.25) is 0 Å². The van der Waals surface area contributed by atoms with Crippen LogP contribution in [0.4, 0.5) is 0 Å². The highest BCUT2D eigenvalue weighted by Crippen LogP contribution is 2.30. The van der Waals surface area contributed by atoms with Crippen LogP contribution >= 0.6 is 0 Å². The number of carbonyl (C=O) groups is 1. The molecule has 3 heteroatoms. The summed E-state index contributed by atoms with van der Waals surface area (Å²) in [6.07, 6.45) is 3.51. The maximum atomic E-state index is 12.6. The fraction of sp³-hybridized carbons (Fsp3) is 0.381. The van der Waals surface area contributed by atoms with Crippen LogP contribution in [-0.2, 0) is 0 Å². The first kappa shape index (κ1) is 16.6. The van der Waals surface area contributed by atoms with Crippen molar-refractivity contribution in [1.29, 1.82) is 0 Å². The summed E-state index contributed by atoms with van der Waals surface area (Å²) >= 11 is 0. The Morgan fingerprint density at radius 3 is 2.54 bits per heavy atom. The normalized spacial score (nSPS) is 23.5. The number of nitrogens with one attached hydrogen (secondary N) is 1. The van der Waals surface area contributed by atoms with Crippen LogP contribution in [0, 0.1) is 11.8 Å². The van der Waals surface area contributed by atoms with Crippen molar-refractivity contribution >= 4 is 5.91 Å². The zero-order valence-corrected chi connectivity index (χ0v) is 14.4. The number of carbonyl (C=O) groups excluding carboxylic acids is 1. The van der Waals surface area contributed by atoms with Crippen LogP contribution in [0.25, 0.3) is 0 Å². The molecule has 1 N–H and O–H groups in total. The summed E-state index contributed by atoms with van der Waals surface area (Å²) in [6.45, 7) is 4.51. The second kappa shape index (κ2) is 7.52. The summed E-state index contributed by atoms with van der Waals surface area (Å²) in [4.78, 5) is 12.6. The first-order valence-corrected chi connectivity index (χ1v) is 8.77. The molecular weight excluding hydrogens is 298 g/mol. The van der Waals surface area contributed by atoms with Gasteiger partial charge in [-0.3, -0.25) is 4.79 Å². The quantitative estimate of drug-likeness (QED) is 0.856. The predicted molar refractivity (Wildman–Crippen MR) is 96.4 cm³/mol. The van der Waals surface area contributed by atoms with E-state index in [-0.39, 0.29) is 11.9 Å². The average molecular weight is 323 g/mol. The maximum absolute atomic E-state index is 12.6. The topological polar surface area (TPSA) is 38.3 Å². The second-order valence-corrected chi connectivity index (χ2v) is 6.79. The second-order valence-electron chi connectivity index (χ2n) is 6.79. The molecule has 24 heavy (non-hydrogen) atoms. The first-order valence-electron chi connectivity index (χ1n) is 8.77. The number of hydrogen-bond donors (Lipinski definition) is 1. The van der Waals surface area contributed by atoms with Gasteiger partial charge in [0.15, 0.2) is 0 Å². The highest BCUT2D eigenvalue weighted by atomic mass is 16.5. The van der Waals surface area contributed by atoms with E-state index in [1.807, 2.05) is 48.5 Å². The summed E-state index contributed by atoms with van der Waals surface area (Å²) in [7, 11) is 0. The molecule has 3 atom stereocenters. The van der Waals surface area contributed by atoms with Crippen molar-refractivity contribution < 1.29 is 9.53 Å². The molecule has 0 heterocycles. The van der Waals surface area contributed by atoms with Crippen LogP contribution in [0.3, 0.4) is 0 Å². The summed E-state index contributed by atoms with van der Waals surface area (Å²) in [5, 5.41) is 3.21. The Bertz CT molecular complexity index is 683. The number of amides is 1. The van der Waals surface area contributed by atoms with Crippen molar-refractivity contribution in [2.75, 3.05) is 0 Å². The zero-order chi connectivity index (χ0) is 16.9. The van der Waals surface area contributed by atoms with Crippen molar-refractivity contribution in [3.63, 3.8) is 0 Å². The van der Waals surface area contributed by atoms with Gasteiger partial charge in [0.25, 0.3) is 5.91 Å². The highest BCUT2D eigenvalue weighted by molar-refractivity contribution is 5.94. The molecule has 0 unspecified atom stereocenters. The molecule has 0 radical (unpaired) electrons. The van der Waals surface area contributed by atoms with Crippen molar-refractivity contribution in [2.24, 2.45) is 11.8 Å². The highest BCUT2D eigenvalue weighted by Gasteiger charge is 2.28. The molecule has 1 saturated carbocycles. The summed E-state index contributed by atoms with van der Waals surface area (Å²) in [5.41, 5.74) is 0.647. The van der Waals surface area contributed by atoms with Crippen molar-refractivity contribution in [2.45, 2.75) is 39.2 Å². The fourth-order valence-corrected chi connectivity index (χ4v) is 3.36. The Labute approximate surface area is 144 Å². The third-order valence-corrected chi connectivity index (χ3v) is 5.10. The van der Waals surface area contributed by atoms with Gasteiger partial charge in [-0.15, -0.1) is 0 Å². The zero-order valence-electron chi connectivity index (χ0n) is 14.4. The Morgan fingerprint density at radius 2 is 1.75 bits per heavy atom. The molecule has 2 aromatic carbocycles. The summed E-state index contributed by atoms with van der Waals surface area (Å²) < 4.78 is 5.82. The Kier molecular flexibility index (Phi) is 5.19. The number of hydrogen-bond acceptors (Lipinski definition) is 2. The lowest BCUT2D eigenvalue weighted by molar-refractivity contribution is 0.0890. The van der Waals surface area contributed by atoms with E-state index in [0.29, 0.717) is 23.1 Å². The monoisotopic (exact) mass is 323 g/mol. The maximum Gasteiger partial charge on any atom is 0.251 e. The molecule has 1 aliphatic carbocycles. The molecular formula is C21H25NO2. The number of para-hydroxylation sites is 1. The molecule has 0 aromatic heterocycles. The molecule has 0 saturated heterocycles. The van der Waals surface area contributed by atoms with E-state index in [4.69, 9.17) is 4.74 Å². The number of rotatable bonds is 4. The van der Waals surface area contributed by atoms with Gasteiger partial charge in [-0.1, -0.05) is 51.0 Å². The molecule has 2 aromatic rings. The molecule has 1 amide bonds. The summed E-state index contributed by atoms with van der Waals surface area (Å²) in [5.74, 6) is 2.62. The van der Waals surface area contributed by atoms with Gasteiger partial charge in [-0.25, -0.2) is 0 Å². The third-order valence-electron chi connectivity index (χ3n) is 5.10. The van der Waals surface area contributed by atoms with E-state index >= 15 is 0 Å². The van der Waals surface area contributed by atoms with Gasteiger partial charge < -0.3 is 10.1 Å². The molecule has 0 spiro atoms. The minimum absolute atomic E-state index is 0.0144. The number of benzene rings is 2. The minimum atomic E-state index is -0.0144. The lowest BCUT2D eigenvalue weighted by Gasteiger charge is -2.34. The van der Waals surface area contributed by atoms with Gasteiger partial charge in [0.05, 0.1) is 0 Å². The smallest absolute Gasteiger partial charge is 0.251 e. The van der Waals surface area contributed by atoms with Crippen LogP contribution in [0.5, 0.6) is 11.5 Å². The first-order chi connectivity index (χ1) is 11.6. The van der Waals surface area contributed by atoms with E-state index < -0.39 is 0 Å². The Balaban J connectivity index is 1.68. The lowest BCUT2D eigenvalue weighted by atomic mass is 9.78. The third kappa shape index (κ3) is 3.97. The van der Waals surface area contributed by atoms with Gasteiger partial charge >= 0.3 is 0 Å². The Hall–Kier alpha value is -2.29. The van der Waals surface area contributed by atoms with E-state index in [0.717, 1.165) is 12.2 Å². The van der Waals surface area contributed by atoms with Crippen LogP contribution in [0.15, 0.2) is 54.6 Å². The van der Waals surface area contributed by atoms with E-state index in [2.05, 4.69) is 19.2 Å². The van der Waals surface area contributed by atoms with Crippen LogP contribution in [-0.4, -0.2) is 11.9 Å². The average Bonchev–Trinajstić information content (AvgIpc) is 2.60. The van der Waals surface area contributed by atoms with Gasteiger partial charge in [0.1, 0.15) is 11.5 Å². The standard InChI is InChI=1S/C21H25NO2/c1-15-8-6-13-20(16(15)2)22-21(23)17-9-7-12-19(14-17)24-18-10-4-3-5-11-18/h3-5,7,9-12,14-16,20H,6,8,13H2,1-2H3,(H,22,23)/t15-,16+,20+/m0/s1. The van der Waals surface area contributed by atoms with Crippen molar-refractivity contribution in [3.05, 3.63) is 60.2 Å². The largest absolute Gasteiger partial charge is 0.457 e. The van der Waals surface area contributed by atoms with Gasteiger partial charge in [0, 0.05) is 11.6 Å². The molecule has 1 aliphatic rings. The fourth-order valence-electron chi connectivity index (χ4n) is 3.36. The SMILES string of the molecule is C[C@@H]1[C@@H](C)CCC[C@H]1NC(=O)c1cccc(Oc2ccccc2)c1. The Morgan fingerprint density at radius 1 is 1.00 bits per heavy atom. The minimum Gasteiger partial charge on any atom is -0.457 e. The predicted octanol–water partition coefficient (Wildman–Crippen LogP) is 5.03. The van der Waals surface area contributed by atoms with Gasteiger partial charge in [-0.05, 0) is 48.6 Å². The van der Waals surface area contributed by atoms with Crippen molar-refractivity contribution in [3.8, 4) is 11.5 Å². The van der Waals surface area contributed by atoms with Gasteiger partial charge in [0.2, 0.25) is 0 Å². The lowest BCUT2D eigenvalue weighted by Crippen LogP contribution is -2.43. The molecule has 3 nitrogen and oxygen atoms in total.